The molecule has 144 valence electrons. The number of methoxy groups -OCH3 is 1. The molecule has 0 bridgehead atoms. The van der Waals surface area contributed by atoms with E-state index in [0.717, 1.165) is 0 Å². The van der Waals surface area contributed by atoms with Crippen LogP contribution in [0.5, 0.6) is 5.75 Å². The van der Waals surface area contributed by atoms with Crippen LogP contribution in [-0.2, 0) is 0 Å². The fraction of sp³-hybridized carbons (Fsp3) is 0.150. The summed E-state index contributed by atoms with van der Waals surface area (Å²) < 4.78 is 19.8. The van der Waals surface area contributed by atoms with Crippen molar-refractivity contribution in [2.24, 2.45) is 0 Å². The number of nitrogens with zero attached hydrogens (tertiary/aromatic N) is 3. The zero-order valence-corrected chi connectivity index (χ0v) is 16.0. The minimum Gasteiger partial charge on any atom is -0.497 e. The van der Waals surface area contributed by atoms with Crippen LogP contribution in [0.15, 0.2) is 60.9 Å². The number of benzene rings is 2. The average Bonchev–Trinajstić information content (AvgIpc) is 2.70. The molecule has 2 amide bonds. The van der Waals surface area contributed by atoms with Gasteiger partial charge in [0.05, 0.1) is 18.8 Å². The summed E-state index contributed by atoms with van der Waals surface area (Å²) in [6.45, 7) is 1.75. The first-order valence-corrected chi connectivity index (χ1v) is 8.83. The molecule has 0 aliphatic heterocycles. The Morgan fingerprint density at radius 1 is 1.18 bits per heavy atom. The largest absolute Gasteiger partial charge is 0.497 e. The Morgan fingerprint density at radius 2 is 1.86 bits per heavy atom. The third-order valence-corrected chi connectivity index (χ3v) is 4.36. The predicted octanol–water partition coefficient (Wildman–Crippen LogP) is 5.08. The molecule has 8 heteroatoms. The summed E-state index contributed by atoms with van der Waals surface area (Å²) in [6, 6.07) is 12.2. The number of urea groups is 1. The van der Waals surface area contributed by atoms with Gasteiger partial charge in [-0.15, -0.1) is 0 Å². The number of hydrogen-bond donors (Lipinski definition) is 1. The quantitative estimate of drug-likeness (QED) is 0.606. The molecular weight excluding hydrogens is 383 g/mol. The number of rotatable bonds is 5. The zero-order valence-electron chi connectivity index (χ0n) is 15.3. The summed E-state index contributed by atoms with van der Waals surface area (Å²) in [5.41, 5.74) is 1.28. The van der Waals surface area contributed by atoms with E-state index in [-0.39, 0.29) is 11.0 Å². The lowest BCUT2D eigenvalue weighted by Crippen LogP contribution is -2.38. The highest BCUT2D eigenvalue weighted by molar-refractivity contribution is 6.28. The minimum atomic E-state index is -0.593. The Hall–Kier alpha value is -3.19. The lowest BCUT2D eigenvalue weighted by Gasteiger charge is -2.30. The number of hydrogen-bond acceptors (Lipinski definition) is 4. The number of nitrogens with one attached hydrogen (secondary N) is 1. The van der Waals surface area contributed by atoms with Gasteiger partial charge in [-0.05, 0) is 42.8 Å². The van der Waals surface area contributed by atoms with E-state index in [4.69, 9.17) is 16.3 Å². The molecule has 1 heterocycles. The Morgan fingerprint density at radius 3 is 2.46 bits per heavy atom. The maximum Gasteiger partial charge on any atom is 0.326 e. The second-order valence-electron chi connectivity index (χ2n) is 5.94. The van der Waals surface area contributed by atoms with Crippen LogP contribution in [0.1, 0.15) is 18.5 Å². The molecule has 3 rings (SSSR count). The van der Waals surface area contributed by atoms with Crippen LogP contribution in [0.4, 0.5) is 20.6 Å². The van der Waals surface area contributed by atoms with Crippen molar-refractivity contribution in [3.8, 4) is 5.75 Å². The average molecular weight is 401 g/mol. The Labute approximate surface area is 166 Å². The SMILES string of the molecule is COc1ccc(N(C(=O)Nc2ccccc2)C(C)c2cnc(Cl)nc2)c(F)c1. The second kappa shape index (κ2) is 8.67. The predicted molar refractivity (Wildman–Crippen MR) is 106 cm³/mol. The van der Waals surface area contributed by atoms with E-state index in [0.29, 0.717) is 17.0 Å². The molecule has 0 aliphatic rings. The number of halogens is 2. The Balaban J connectivity index is 2.00. The van der Waals surface area contributed by atoms with Crippen molar-refractivity contribution in [1.29, 1.82) is 0 Å². The van der Waals surface area contributed by atoms with Crippen LogP contribution in [0.3, 0.4) is 0 Å². The standard InChI is InChI=1S/C20H18ClFN4O2/c1-13(14-11-23-19(21)24-12-14)26(18-9-8-16(28-2)10-17(18)22)20(27)25-15-6-4-3-5-7-15/h3-13H,1-2H3,(H,25,27). The topological polar surface area (TPSA) is 67.3 Å². The summed E-state index contributed by atoms with van der Waals surface area (Å²) in [5, 5.41) is 2.87. The highest BCUT2D eigenvalue weighted by atomic mass is 35.5. The molecule has 0 spiro atoms. The minimum absolute atomic E-state index is 0.0897. The monoisotopic (exact) mass is 400 g/mol. The molecule has 1 aromatic heterocycles. The van der Waals surface area contributed by atoms with Gasteiger partial charge in [-0.25, -0.2) is 19.2 Å². The van der Waals surface area contributed by atoms with Gasteiger partial charge in [0.2, 0.25) is 5.28 Å². The third-order valence-electron chi connectivity index (χ3n) is 4.17. The number of ether oxygens (including phenoxy) is 1. The van der Waals surface area contributed by atoms with Crippen molar-refractivity contribution in [3.05, 3.63) is 77.6 Å². The molecule has 0 aliphatic carbocycles. The van der Waals surface area contributed by atoms with Gasteiger partial charge in [0.15, 0.2) is 5.82 Å². The van der Waals surface area contributed by atoms with Crippen LogP contribution in [-0.4, -0.2) is 23.1 Å². The number of para-hydroxylation sites is 1. The maximum atomic E-state index is 14.8. The summed E-state index contributed by atoms with van der Waals surface area (Å²) >= 11 is 5.75. The molecule has 0 saturated heterocycles. The molecule has 0 fully saturated rings. The lowest BCUT2D eigenvalue weighted by molar-refractivity contribution is 0.255. The van der Waals surface area contributed by atoms with Gasteiger partial charge in [-0.1, -0.05) is 18.2 Å². The second-order valence-corrected chi connectivity index (χ2v) is 6.28. The summed E-state index contributed by atoms with van der Waals surface area (Å²) in [7, 11) is 1.45. The summed E-state index contributed by atoms with van der Waals surface area (Å²) in [4.78, 5) is 22.3. The van der Waals surface area contributed by atoms with Gasteiger partial charge in [0, 0.05) is 29.7 Å². The fourth-order valence-electron chi connectivity index (χ4n) is 2.70. The fourth-order valence-corrected chi connectivity index (χ4v) is 2.79. The van der Waals surface area contributed by atoms with Gasteiger partial charge >= 0.3 is 6.03 Å². The first-order chi connectivity index (χ1) is 13.5. The number of carbonyl (C=O) groups excluding carboxylic acids is 1. The van der Waals surface area contributed by atoms with Gasteiger partial charge in [-0.3, -0.25) is 4.90 Å². The highest BCUT2D eigenvalue weighted by Crippen LogP contribution is 2.31. The molecule has 1 atom stereocenters. The maximum absolute atomic E-state index is 14.8. The van der Waals surface area contributed by atoms with Crippen LogP contribution >= 0.6 is 11.6 Å². The molecule has 3 aromatic rings. The van der Waals surface area contributed by atoms with E-state index in [9.17, 15) is 9.18 Å². The highest BCUT2D eigenvalue weighted by Gasteiger charge is 2.27. The van der Waals surface area contributed by atoms with Gasteiger partial charge in [0.25, 0.3) is 0 Å². The van der Waals surface area contributed by atoms with Crippen molar-refractivity contribution in [2.75, 3.05) is 17.3 Å². The Kier molecular flexibility index (Phi) is 6.06. The summed E-state index contributed by atoms with van der Waals surface area (Å²) in [6.07, 6.45) is 3.01. The molecule has 1 N–H and O–H groups in total. The van der Waals surface area contributed by atoms with Crippen LogP contribution < -0.4 is 15.0 Å². The van der Waals surface area contributed by atoms with Crippen LogP contribution in [0, 0.1) is 5.82 Å². The molecule has 0 radical (unpaired) electrons. The van der Waals surface area contributed by atoms with Crippen molar-refractivity contribution in [3.63, 3.8) is 0 Å². The van der Waals surface area contributed by atoms with E-state index in [1.165, 1.54) is 36.5 Å². The normalized spacial score (nSPS) is 11.6. The number of amides is 2. The smallest absolute Gasteiger partial charge is 0.326 e. The molecule has 28 heavy (non-hydrogen) atoms. The van der Waals surface area contributed by atoms with Crippen molar-refractivity contribution >= 4 is 29.0 Å². The van der Waals surface area contributed by atoms with E-state index in [1.54, 1.807) is 37.3 Å². The van der Waals surface area contributed by atoms with Crippen molar-refractivity contribution < 1.29 is 13.9 Å². The number of aromatic nitrogens is 2. The number of carbonyl (C=O) groups is 1. The summed E-state index contributed by atoms with van der Waals surface area (Å²) in [5.74, 6) is -0.239. The van der Waals surface area contributed by atoms with E-state index in [2.05, 4.69) is 15.3 Å². The molecule has 2 aromatic carbocycles. The molecule has 0 saturated carbocycles. The molecule has 6 nitrogen and oxygen atoms in total. The van der Waals surface area contributed by atoms with Crippen LogP contribution in [0.2, 0.25) is 5.28 Å². The van der Waals surface area contributed by atoms with Crippen molar-refractivity contribution in [2.45, 2.75) is 13.0 Å². The zero-order chi connectivity index (χ0) is 20.1. The first-order valence-electron chi connectivity index (χ1n) is 8.46. The number of anilines is 2. The molecule has 1 unspecified atom stereocenters. The lowest BCUT2D eigenvalue weighted by atomic mass is 10.1. The van der Waals surface area contributed by atoms with E-state index < -0.39 is 17.9 Å². The Bertz CT molecular complexity index is 954. The van der Waals surface area contributed by atoms with Gasteiger partial charge in [0.1, 0.15) is 5.75 Å². The van der Waals surface area contributed by atoms with E-state index >= 15 is 0 Å². The van der Waals surface area contributed by atoms with E-state index in [1.807, 2.05) is 6.07 Å². The first kappa shape index (κ1) is 19.6. The van der Waals surface area contributed by atoms with Gasteiger partial charge in [-0.2, -0.15) is 0 Å². The van der Waals surface area contributed by atoms with Crippen LogP contribution in [0.25, 0.3) is 0 Å². The molecular formula is C20H18ClFN4O2. The third kappa shape index (κ3) is 4.37. The van der Waals surface area contributed by atoms with Crippen molar-refractivity contribution in [1.82, 2.24) is 9.97 Å². The van der Waals surface area contributed by atoms with Gasteiger partial charge < -0.3 is 10.1 Å².